The summed E-state index contributed by atoms with van der Waals surface area (Å²) in [5.41, 5.74) is 0. The van der Waals surface area contributed by atoms with Crippen molar-refractivity contribution in [3.8, 4) is 0 Å². The minimum atomic E-state index is -4.23. The first-order chi connectivity index (χ1) is 15.5. The first-order valence-electron chi connectivity index (χ1n) is 9.90. The minimum absolute atomic E-state index is 0.105. The standard InChI is InChI=1S/C21H24N2O9S/c1-11(25)22-18-15(9-17(21(28)29)32-20(18)19(27)16(26)10-24)23-33(30,31)14-7-6-12-4-2-3-5-13(12)8-14/h2-9,15-16,18-20,23-24,26-27H,10H2,1H3,(H,22,25)(H,28,29)/t15-,16?,18+,19+,20+/m0/s1. The average molecular weight is 480 g/mol. The Bertz CT molecular complexity index is 1180. The molecule has 0 radical (unpaired) electrons. The third-order valence-electron chi connectivity index (χ3n) is 5.16. The second-order valence-electron chi connectivity index (χ2n) is 7.54. The van der Waals surface area contributed by atoms with E-state index in [4.69, 9.17) is 4.74 Å². The molecular weight excluding hydrogens is 456 g/mol. The van der Waals surface area contributed by atoms with Gasteiger partial charge in [-0.2, -0.15) is 0 Å². The van der Waals surface area contributed by atoms with Gasteiger partial charge in [0.25, 0.3) is 0 Å². The van der Waals surface area contributed by atoms with Gasteiger partial charge in [0.2, 0.25) is 21.7 Å². The minimum Gasteiger partial charge on any atom is -0.478 e. The molecule has 0 saturated carbocycles. The highest BCUT2D eigenvalue weighted by Crippen LogP contribution is 2.25. The molecule has 1 unspecified atom stereocenters. The monoisotopic (exact) mass is 480 g/mol. The van der Waals surface area contributed by atoms with Crippen molar-refractivity contribution in [3.05, 3.63) is 54.3 Å². The second-order valence-corrected chi connectivity index (χ2v) is 9.26. The van der Waals surface area contributed by atoms with E-state index < -0.39 is 64.7 Å². The zero-order chi connectivity index (χ0) is 24.3. The van der Waals surface area contributed by atoms with Gasteiger partial charge in [0.1, 0.15) is 18.3 Å². The molecule has 1 amide bonds. The van der Waals surface area contributed by atoms with E-state index in [0.717, 1.165) is 18.4 Å². The first kappa shape index (κ1) is 24.6. The molecular formula is C21H24N2O9S. The maximum atomic E-state index is 13.1. The SMILES string of the molecule is CC(=O)N[C@H]1[C@H]([C@H](O)C(O)CO)OC(C(=O)O)=C[C@@H]1NS(=O)(=O)c1ccc2ccccc2c1. The predicted octanol–water partition coefficient (Wildman–Crippen LogP) is -0.927. The van der Waals surface area contributed by atoms with Crippen LogP contribution in [0.3, 0.4) is 0 Å². The summed E-state index contributed by atoms with van der Waals surface area (Å²) in [6.07, 6.45) is -4.22. The van der Waals surface area contributed by atoms with Crippen molar-refractivity contribution in [1.29, 1.82) is 0 Å². The zero-order valence-corrected chi connectivity index (χ0v) is 18.3. The molecule has 0 bridgehead atoms. The number of carboxylic acid groups (broad SMARTS) is 1. The van der Waals surface area contributed by atoms with Crippen LogP contribution in [0.4, 0.5) is 0 Å². The average Bonchev–Trinajstić information content (AvgIpc) is 2.78. The summed E-state index contributed by atoms with van der Waals surface area (Å²) in [5, 5.41) is 42.7. The van der Waals surface area contributed by atoms with Crippen LogP contribution in [0.2, 0.25) is 0 Å². The Morgan fingerprint density at radius 3 is 2.39 bits per heavy atom. The molecule has 0 fully saturated rings. The van der Waals surface area contributed by atoms with Crippen molar-refractivity contribution in [2.45, 2.75) is 42.2 Å². The van der Waals surface area contributed by atoms with Gasteiger partial charge in [-0.1, -0.05) is 30.3 Å². The predicted molar refractivity (Wildman–Crippen MR) is 115 cm³/mol. The summed E-state index contributed by atoms with van der Waals surface area (Å²) in [6, 6.07) is 8.85. The van der Waals surface area contributed by atoms with Crippen molar-refractivity contribution in [2.75, 3.05) is 6.61 Å². The first-order valence-corrected chi connectivity index (χ1v) is 11.4. The summed E-state index contributed by atoms with van der Waals surface area (Å²) < 4.78 is 33.8. The molecule has 0 aromatic heterocycles. The number of amides is 1. The molecule has 0 spiro atoms. The fourth-order valence-electron chi connectivity index (χ4n) is 3.56. The van der Waals surface area contributed by atoms with Crippen molar-refractivity contribution >= 4 is 32.7 Å². The quantitative estimate of drug-likeness (QED) is 0.278. The van der Waals surface area contributed by atoms with Crippen molar-refractivity contribution in [1.82, 2.24) is 10.0 Å². The molecule has 2 aromatic rings. The molecule has 1 heterocycles. The number of carboxylic acids is 1. The van der Waals surface area contributed by atoms with Crippen molar-refractivity contribution in [2.24, 2.45) is 0 Å². The molecule has 6 N–H and O–H groups in total. The normalized spacial score (nSPS) is 22.7. The van der Waals surface area contributed by atoms with Crippen LogP contribution in [0.5, 0.6) is 0 Å². The van der Waals surface area contributed by atoms with Crippen LogP contribution in [-0.4, -0.2) is 77.7 Å². The van der Waals surface area contributed by atoms with Gasteiger partial charge >= 0.3 is 5.97 Å². The zero-order valence-electron chi connectivity index (χ0n) is 17.5. The Hall–Kier alpha value is -3.03. The maximum absolute atomic E-state index is 13.1. The Morgan fingerprint density at radius 2 is 1.79 bits per heavy atom. The van der Waals surface area contributed by atoms with Crippen LogP contribution < -0.4 is 10.0 Å². The number of aliphatic hydroxyl groups excluding tert-OH is 3. The molecule has 33 heavy (non-hydrogen) atoms. The van der Waals surface area contributed by atoms with Crippen LogP contribution in [0.15, 0.2) is 59.2 Å². The molecule has 2 aromatic carbocycles. The number of ether oxygens (including phenoxy) is 1. The van der Waals surface area contributed by atoms with Gasteiger partial charge in [-0.25, -0.2) is 17.9 Å². The van der Waals surface area contributed by atoms with Gasteiger partial charge in [0.15, 0.2) is 0 Å². The van der Waals surface area contributed by atoms with Gasteiger partial charge in [-0.15, -0.1) is 0 Å². The van der Waals surface area contributed by atoms with Crippen molar-refractivity contribution in [3.63, 3.8) is 0 Å². The van der Waals surface area contributed by atoms with Gasteiger partial charge < -0.3 is 30.5 Å². The molecule has 1 aliphatic heterocycles. The lowest BCUT2D eigenvalue weighted by Gasteiger charge is -2.39. The summed E-state index contributed by atoms with van der Waals surface area (Å²) in [5.74, 6) is -2.87. The van der Waals surface area contributed by atoms with E-state index in [1.165, 1.54) is 12.1 Å². The molecule has 12 heteroatoms. The number of fused-ring (bicyclic) bond motifs is 1. The Kier molecular flexibility index (Phi) is 7.34. The molecule has 1 aliphatic rings. The topological polar surface area (TPSA) is 182 Å². The van der Waals surface area contributed by atoms with Crippen LogP contribution in [0.1, 0.15) is 6.92 Å². The third kappa shape index (κ3) is 5.49. The van der Waals surface area contributed by atoms with Crippen molar-refractivity contribution < 1.29 is 43.2 Å². The molecule has 11 nitrogen and oxygen atoms in total. The van der Waals surface area contributed by atoms with Gasteiger partial charge in [0.05, 0.1) is 23.6 Å². The molecule has 0 aliphatic carbocycles. The van der Waals surface area contributed by atoms with Gasteiger partial charge in [-0.05, 0) is 29.0 Å². The number of nitrogens with one attached hydrogen (secondary N) is 2. The number of sulfonamides is 1. The number of rotatable bonds is 8. The Labute approximate surface area is 189 Å². The van der Waals surface area contributed by atoms with Crippen LogP contribution in [0.25, 0.3) is 10.8 Å². The number of aliphatic hydroxyl groups is 3. The third-order valence-corrected chi connectivity index (χ3v) is 6.61. The molecule has 3 rings (SSSR count). The molecule has 178 valence electrons. The largest absolute Gasteiger partial charge is 0.478 e. The van der Waals surface area contributed by atoms with Crippen LogP contribution in [0, 0.1) is 0 Å². The number of aliphatic carboxylic acids is 1. The highest BCUT2D eigenvalue weighted by molar-refractivity contribution is 7.89. The fourth-order valence-corrected chi connectivity index (χ4v) is 4.80. The summed E-state index contributed by atoms with van der Waals surface area (Å²) in [7, 11) is -4.23. The van der Waals surface area contributed by atoms with E-state index >= 15 is 0 Å². The Morgan fingerprint density at radius 1 is 1.12 bits per heavy atom. The highest BCUT2D eigenvalue weighted by atomic mass is 32.2. The fraction of sp³-hybridized carbons (Fsp3) is 0.333. The lowest BCUT2D eigenvalue weighted by molar-refractivity contribution is -0.146. The molecule has 0 saturated heterocycles. The van der Waals surface area contributed by atoms with Crippen LogP contribution in [-0.2, 0) is 24.3 Å². The number of hydrogen-bond acceptors (Lipinski definition) is 8. The highest BCUT2D eigenvalue weighted by Gasteiger charge is 2.44. The van der Waals surface area contributed by atoms with Gasteiger partial charge in [0, 0.05) is 6.92 Å². The molecule has 5 atom stereocenters. The lowest BCUT2D eigenvalue weighted by atomic mass is 9.92. The summed E-state index contributed by atoms with van der Waals surface area (Å²) in [4.78, 5) is 23.3. The maximum Gasteiger partial charge on any atom is 0.370 e. The summed E-state index contributed by atoms with van der Waals surface area (Å²) >= 11 is 0. The van der Waals surface area contributed by atoms with E-state index in [1.54, 1.807) is 24.3 Å². The number of carbonyl (C=O) groups is 2. The van der Waals surface area contributed by atoms with Crippen LogP contribution >= 0.6 is 0 Å². The van der Waals surface area contributed by atoms with E-state index in [1.807, 2.05) is 6.07 Å². The lowest BCUT2D eigenvalue weighted by Crippen LogP contribution is -2.63. The summed E-state index contributed by atoms with van der Waals surface area (Å²) in [6.45, 7) is 0.255. The van der Waals surface area contributed by atoms with E-state index in [2.05, 4.69) is 10.0 Å². The second kappa shape index (κ2) is 9.85. The Balaban J connectivity index is 2.02. The van der Waals surface area contributed by atoms with E-state index in [9.17, 15) is 38.4 Å². The van der Waals surface area contributed by atoms with E-state index in [0.29, 0.717) is 5.39 Å². The number of hydrogen-bond donors (Lipinski definition) is 6. The number of carbonyl (C=O) groups excluding carboxylic acids is 1. The van der Waals surface area contributed by atoms with E-state index in [-0.39, 0.29) is 4.90 Å². The smallest absolute Gasteiger partial charge is 0.370 e. The number of benzene rings is 2. The van der Waals surface area contributed by atoms with Gasteiger partial charge in [-0.3, -0.25) is 4.79 Å².